The van der Waals surface area contributed by atoms with Crippen molar-refractivity contribution in [1.29, 1.82) is 0 Å². The van der Waals surface area contributed by atoms with Crippen LogP contribution >= 0.6 is 0 Å². The molecule has 4 nitrogen and oxygen atoms in total. The number of rotatable bonds is 7. The number of nitrogens with two attached hydrogens (primary N) is 1. The fraction of sp³-hybridized carbons (Fsp3) is 0.933. The van der Waals surface area contributed by atoms with Crippen LogP contribution in [0.1, 0.15) is 40.5 Å². The predicted octanol–water partition coefficient (Wildman–Crippen LogP) is 1.45. The third-order valence-corrected chi connectivity index (χ3v) is 4.12. The van der Waals surface area contributed by atoms with E-state index in [1.807, 2.05) is 6.92 Å². The highest BCUT2D eigenvalue weighted by Crippen LogP contribution is 2.16. The smallest absolute Gasteiger partial charge is 0.237 e. The van der Waals surface area contributed by atoms with E-state index < -0.39 is 0 Å². The molecule has 19 heavy (non-hydrogen) atoms. The first-order valence-corrected chi connectivity index (χ1v) is 7.69. The highest BCUT2D eigenvalue weighted by molar-refractivity contribution is 5.81. The van der Waals surface area contributed by atoms with E-state index in [2.05, 4.69) is 31.0 Å². The Labute approximate surface area is 118 Å². The van der Waals surface area contributed by atoms with Crippen LogP contribution in [0, 0.1) is 17.8 Å². The Morgan fingerprint density at radius 2 is 2.11 bits per heavy atom. The lowest BCUT2D eigenvalue weighted by Gasteiger charge is -2.20. The molecule has 1 aliphatic rings. The Morgan fingerprint density at radius 3 is 2.68 bits per heavy atom. The summed E-state index contributed by atoms with van der Waals surface area (Å²) in [4.78, 5) is 14.4. The average Bonchev–Trinajstić information content (AvgIpc) is 2.80. The largest absolute Gasteiger partial charge is 0.354 e. The van der Waals surface area contributed by atoms with Crippen molar-refractivity contribution in [2.24, 2.45) is 23.5 Å². The van der Waals surface area contributed by atoms with Gasteiger partial charge < -0.3 is 16.0 Å². The maximum Gasteiger partial charge on any atom is 0.237 e. The Bertz CT molecular complexity index is 281. The second-order valence-corrected chi connectivity index (χ2v) is 6.46. The molecule has 0 radical (unpaired) electrons. The Kier molecular flexibility index (Phi) is 6.80. The SMILES string of the molecule is CCC(C)C(N)C(=O)NCC1CCN(CC(C)C)C1. The summed E-state index contributed by atoms with van der Waals surface area (Å²) in [5.74, 6) is 1.57. The van der Waals surface area contributed by atoms with Crippen LogP contribution in [0.3, 0.4) is 0 Å². The zero-order valence-corrected chi connectivity index (χ0v) is 13.0. The molecule has 1 amide bonds. The summed E-state index contributed by atoms with van der Waals surface area (Å²) < 4.78 is 0. The van der Waals surface area contributed by atoms with Crippen molar-refractivity contribution in [1.82, 2.24) is 10.2 Å². The number of carbonyl (C=O) groups excluding carboxylic acids is 1. The van der Waals surface area contributed by atoms with Gasteiger partial charge in [-0.05, 0) is 30.7 Å². The van der Waals surface area contributed by atoms with Gasteiger partial charge in [-0.2, -0.15) is 0 Å². The van der Waals surface area contributed by atoms with Crippen molar-refractivity contribution < 1.29 is 4.79 Å². The van der Waals surface area contributed by atoms with E-state index in [-0.39, 0.29) is 17.9 Å². The molecule has 1 fully saturated rings. The first-order valence-electron chi connectivity index (χ1n) is 7.69. The van der Waals surface area contributed by atoms with Crippen molar-refractivity contribution in [3.63, 3.8) is 0 Å². The molecule has 0 spiro atoms. The molecule has 0 aromatic heterocycles. The minimum atomic E-state index is -0.363. The topological polar surface area (TPSA) is 58.4 Å². The fourth-order valence-electron chi connectivity index (χ4n) is 2.64. The van der Waals surface area contributed by atoms with Crippen molar-refractivity contribution in [3.8, 4) is 0 Å². The van der Waals surface area contributed by atoms with E-state index in [0.29, 0.717) is 11.8 Å². The van der Waals surface area contributed by atoms with Gasteiger partial charge in [0.2, 0.25) is 5.91 Å². The lowest BCUT2D eigenvalue weighted by atomic mass is 9.99. The standard InChI is InChI=1S/C15H31N3O/c1-5-12(4)14(16)15(19)17-8-13-6-7-18(10-13)9-11(2)3/h11-14H,5-10,16H2,1-4H3,(H,17,19). The lowest BCUT2D eigenvalue weighted by molar-refractivity contribution is -0.123. The van der Waals surface area contributed by atoms with Gasteiger partial charge in [0.15, 0.2) is 0 Å². The number of likely N-dealkylation sites (tertiary alicyclic amines) is 1. The van der Waals surface area contributed by atoms with Crippen molar-refractivity contribution in [2.45, 2.75) is 46.6 Å². The second kappa shape index (κ2) is 7.85. The van der Waals surface area contributed by atoms with Crippen LogP contribution in [0.5, 0.6) is 0 Å². The molecule has 1 saturated heterocycles. The van der Waals surface area contributed by atoms with Gasteiger partial charge in [0.25, 0.3) is 0 Å². The number of hydrogen-bond acceptors (Lipinski definition) is 3. The van der Waals surface area contributed by atoms with Crippen LogP contribution in [0.25, 0.3) is 0 Å². The minimum absolute atomic E-state index is 0.0108. The molecule has 3 unspecified atom stereocenters. The van der Waals surface area contributed by atoms with Gasteiger partial charge in [-0.1, -0.05) is 34.1 Å². The maximum atomic E-state index is 11.9. The summed E-state index contributed by atoms with van der Waals surface area (Å²) in [6, 6.07) is -0.363. The van der Waals surface area contributed by atoms with E-state index in [1.165, 1.54) is 6.42 Å². The van der Waals surface area contributed by atoms with Crippen LogP contribution < -0.4 is 11.1 Å². The van der Waals surface area contributed by atoms with Crippen molar-refractivity contribution >= 4 is 5.91 Å². The van der Waals surface area contributed by atoms with E-state index in [0.717, 1.165) is 32.6 Å². The third-order valence-electron chi connectivity index (χ3n) is 4.12. The molecule has 0 aliphatic carbocycles. The number of hydrogen-bond donors (Lipinski definition) is 2. The quantitative estimate of drug-likeness (QED) is 0.735. The van der Waals surface area contributed by atoms with Gasteiger partial charge in [-0.25, -0.2) is 0 Å². The second-order valence-electron chi connectivity index (χ2n) is 6.46. The zero-order valence-electron chi connectivity index (χ0n) is 13.0. The van der Waals surface area contributed by atoms with E-state index in [4.69, 9.17) is 5.73 Å². The van der Waals surface area contributed by atoms with Crippen molar-refractivity contribution in [2.75, 3.05) is 26.2 Å². The van der Waals surface area contributed by atoms with Crippen LogP contribution in [0.4, 0.5) is 0 Å². The summed E-state index contributed by atoms with van der Waals surface area (Å²) in [6.45, 7) is 12.8. The first-order chi connectivity index (χ1) is 8.93. The molecule has 0 aromatic carbocycles. The monoisotopic (exact) mass is 269 g/mol. The van der Waals surface area contributed by atoms with Gasteiger partial charge in [0.05, 0.1) is 6.04 Å². The lowest BCUT2D eigenvalue weighted by Crippen LogP contribution is -2.46. The summed E-state index contributed by atoms with van der Waals surface area (Å²) >= 11 is 0. The Morgan fingerprint density at radius 1 is 1.42 bits per heavy atom. The molecule has 0 bridgehead atoms. The van der Waals surface area contributed by atoms with Crippen LogP contribution in [0.15, 0.2) is 0 Å². The van der Waals surface area contributed by atoms with Crippen LogP contribution in [0.2, 0.25) is 0 Å². The van der Waals surface area contributed by atoms with Gasteiger partial charge in [-0.15, -0.1) is 0 Å². The van der Waals surface area contributed by atoms with Gasteiger partial charge in [-0.3, -0.25) is 4.79 Å². The van der Waals surface area contributed by atoms with E-state index in [1.54, 1.807) is 0 Å². The van der Waals surface area contributed by atoms with E-state index in [9.17, 15) is 4.79 Å². The number of carbonyl (C=O) groups is 1. The highest BCUT2D eigenvalue weighted by Gasteiger charge is 2.25. The van der Waals surface area contributed by atoms with Crippen LogP contribution in [-0.2, 0) is 4.79 Å². The predicted molar refractivity (Wildman–Crippen MR) is 79.8 cm³/mol. The molecule has 112 valence electrons. The third kappa shape index (κ3) is 5.49. The molecule has 1 aliphatic heterocycles. The molecule has 4 heteroatoms. The normalized spacial score (nSPS) is 23.6. The summed E-state index contributed by atoms with van der Waals surface area (Å²) in [6.07, 6.45) is 2.13. The van der Waals surface area contributed by atoms with Gasteiger partial charge in [0.1, 0.15) is 0 Å². The Hall–Kier alpha value is -0.610. The molecular formula is C15H31N3O. The molecule has 3 N–H and O–H groups in total. The van der Waals surface area contributed by atoms with Crippen LogP contribution in [-0.4, -0.2) is 43.0 Å². The Balaban J connectivity index is 2.25. The maximum absolute atomic E-state index is 11.9. The highest BCUT2D eigenvalue weighted by atomic mass is 16.2. The molecule has 1 heterocycles. The molecule has 1 rings (SSSR count). The van der Waals surface area contributed by atoms with Gasteiger partial charge in [0, 0.05) is 19.6 Å². The molecule has 3 atom stereocenters. The average molecular weight is 269 g/mol. The number of amides is 1. The molecular weight excluding hydrogens is 238 g/mol. The van der Waals surface area contributed by atoms with Gasteiger partial charge >= 0.3 is 0 Å². The van der Waals surface area contributed by atoms with E-state index >= 15 is 0 Å². The molecule has 0 aromatic rings. The number of nitrogens with zero attached hydrogens (tertiary/aromatic N) is 1. The molecule has 0 saturated carbocycles. The summed E-state index contributed by atoms with van der Waals surface area (Å²) in [5, 5.41) is 3.02. The summed E-state index contributed by atoms with van der Waals surface area (Å²) in [7, 11) is 0. The van der Waals surface area contributed by atoms with Crippen molar-refractivity contribution in [3.05, 3.63) is 0 Å². The minimum Gasteiger partial charge on any atom is -0.354 e. The summed E-state index contributed by atoms with van der Waals surface area (Å²) in [5.41, 5.74) is 5.93. The zero-order chi connectivity index (χ0) is 14.4. The number of nitrogens with one attached hydrogen (secondary N) is 1. The fourth-order valence-corrected chi connectivity index (χ4v) is 2.64. The first kappa shape index (κ1) is 16.4.